The van der Waals surface area contributed by atoms with Crippen molar-refractivity contribution in [2.45, 2.75) is 12.8 Å². The second-order valence-corrected chi connectivity index (χ2v) is 7.74. The van der Waals surface area contributed by atoms with Gasteiger partial charge >= 0.3 is 0 Å². The molecule has 0 saturated carbocycles. The van der Waals surface area contributed by atoms with Crippen molar-refractivity contribution in [1.29, 1.82) is 0 Å². The Morgan fingerprint density at radius 1 is 1.17 bits per heavy atom. The van der Waals surface area contributed by atoms with E-state index in [2.05, 4.69) is 5.32 Å². The van der Waals surface area contributed by atoms with Crippen LogP contribution in [-0.2, 0) is 9.59 Å². The predicted molar refractivity (Wildman–Crippen MR) is 113 cm³/mol. The Bertz CT molecular complexity index is 1060. The van der Waals surface area contributed by atoms with E-state index in [1.54, 1.807) is 47.4 Å². The third kappa shape index (κ3) is 4.16. The molecule has 2 aromatic rings. The number of likely N-dealkylation sites (tertiary alicyclic amines) is 1. The number of nitrogens with two attached hydrogens (primary N) is 1. The SMILES string of the molecule is NC(=O)C1CCN(C(=O)c2ccc3c(c2)NC(=O)/C(=C\c2cccc(Cl)c2)O3)CC1. The number of benzene rings is 2. The molecule has 154 valence electrons. The smallest absolute Gasteiger partial charge is 0.291 e. The van der Waals surface area contributed by atoms with E-state index in [9.17, 15) is 14.4 Å². The van der Waals surface area contributed by atoms with Crippen molar-refractivity contribution in [3.63, 3.8) is 0 Å². The fourth-order valence-electron chi connectivity index (χ4n) is 3.59. The number of rotatable bonds is 3. The molecule has 8 heteroatoms. The molecule has 2 aliphatic heterocycles. The van der Waals surface area contributed by atoms with Crippen LogP contribution in [0.4, 0.5) is 5.69 Å². The zero-order valence-corrected chi connectivity index (χ0v) is 16.8. The summed E-state index contributed by atoms with van der Waals surface area (Å²) in [5, 5.41) is 3.33. The van der Waals surface area contributed by atoms with Crippen molar-refractivity contribution in [3.8, 4) is 5.75 Å². The normalized spacial score (nSPS) is 17.8. The summed E-state index contributed by atoms with van der Waals surface area (Å²) in [5.41, 5.74) is 6.96. The number of piperidine rings is 1. The minimum absolute atomic E-state index is 0.136. The number of anilines is 1. The lowest BCUT2D eigenvalue weighted by Crippen LogP contribution is -2.41. The van der Waals surface area contributed by atoms with Crippen LogP contribution in [0.3, 0.4) is 0 Å². The van der Waals surface area contributed by atoms with Gasteiger partial charge in [-0.25, -0.2) is 0 Å². The molecule has 3 N–H and O–H groups in total. The van der Waals surface area contributed by atoms with Crippen LogP contribution in [0, 0.1) is 5.92 Å². The van der Waals surface area contributed by atoms with Crippen LogP contribution >= 0.6 is 11.6 Å². The number of hydrogen-bond donors (Lipinski definition) is 2. The Hall–Kier alpha value is -3.32. The summed E-state index contributed by atoms with van der Waals surface area (Å²) in [7, 11) is 0. The molecule has 2 aliphatic rings. The summed E-state index contributed by atoms with van der Waals surface area (Å²) in [5.74, 6) is -0.485. The Labute approximate surface area is 178 Å². The van der Waals surface area contributed by atoms with Crippen LogP contribution in [0.15, 0.2) is 48.2 Å². The van der Waals surface area contributed by atoms with Crippen LogP contribution < -0.4 is 15.8 Å². The number of nitrogens with zero attached hydrogens (tertiary/aromatic N) is 1. The van der Waals surface area contributed by atoms with Gasteiger partial charge in [-0.1, -0.05) is 23.7 Å². The summed E-state index contributed by atoms with van der Waals surface area (Å²) in [6.45, 7) is 0.942. The summed E-state index contributed by atoms with van der Waals surface area (Å²) in [6, 6.07) is 12.0. The van der Waals surface area contributed by atoms with E-state index in [4.69, 9.17) is 22.1 Å². The van der Waals surface area contributed by atoms with Crippen LogP contribution in [0.5, 0.6) is 5.75 Å². The summed E-state index contributed by atoms with van der Waals surface area (Å²) < 4.78 is 5.74. The molecule has 4 rings (SSSR count). The topological polar surface area (TPSA) is 102 Å². The zero-order chi connectivity index (χ0) is 21.3. The lowest BCUT2D eigenvalue weighted by molar-refractivity contribution is -0.123. The maximum atomic E-state index is 12.8. The van der Waals surface area contributed by atoms with Crippen molar-refractivity contribution >= 4 is 41.1 Å². The number of carbonyl (C=O) groups is 3. The number of nitrogens with one attached hydrogen (secondary N) is 1. The molecular weight excluding hydrogens is 406 g/mol. The highest BCUT2D eigenvalue weighted by Crippen LogP contribution is 2.33. The Kier molecular flexibility index (Phi) is 5.46. The van der Waals surface area contributed by atoms with E-state index in [1.165, 1.54) is 0 Å². The van der Waals surface area contributed by atoms with Gasteiger partial charge in [0.25, 0.3) is 11.8 Å². The molecule has 0 bridgehead atoms. The van der Waals surface area contributed by atoms with Crippen molar-refractivity contribution in [3.05, 3.63) is 64.4 Å². The average molecular weight is 426 g/mol. The Morgan fingerprint density at radius 2 is 1.93 bits per heavy atom. The molecule has 30 heavy (non-hydrogen) atoms. The van der Waals surface area contributed by atoms with Gasteiger partial charge < -0.3 is 20.7 Å². The van der Waals surface area contributed by atoms with Gasteiger partial charge in [0.15, 0.2) is 11.5 Å². The molecule has 2 heterocycles. The Morgan fingerprint density at radius 3 is 2.63 bits per heavy atom. The van der Waals surface area contributed by atoms with Crippen molar-refractivity contribution < 1.29 is 19.1 Å². The van der Waals surface area contributed by atoms with Gasteiger partial charge in [-0.3, -0.25) is 14.4 Å². The number of halogens is 1. The van der Waals surface area contributed by atoms with Gasteiger partial charge in [0.05, 0.1) is 5.69 Å². The zero-order valence-electron chi connectivity index (χ0n) is 16.1. The second-order valence-electron chi connectivity index (χ2n) is 7.30. The van der Waals surface area contributed by atoms with Gasteiger partial charge in [0.1, 0.15) is 0 Å². The van der Waals surface area contributed by atoms with E-state index >= 15 is 0 Å². The molecule has 1 saturated heterocycles. The highest BCUT2D eigenvalue weighted by atomic mass is 35.5. The van der Waals surface area contributed by atoms with Crippen LogP contribution in [0.1, 0.15) is 28.8 Å². The lowest BCUT2D eigenvalue weighted by Gasteiger charge is -2.31. The molecule has 0 unspecified atom stereocenters. The summed E-state index contributed by atoms with van der Waals surface area (Å²) >= 11 is 5.99. The minimum Gasteiger partial charge on any atom is -0.449 e. The molecule has 3 amide bonds. The largest absolute Gasteiger partial charge is 0.449 e. The van der Waals surface area contributed by atoms with E-state index in [0.29, 0.717) is 48.0 Å². The number of ether oxygens (including phenoxy) is 1. The van der Waals surface area contributed by atoms with Gasteiger partial charge in [-0.05, 0) is 54.8 Å². The maximum Gasteiger partial charge on any atom is 0.291 e. The molecule has 2 aromatic carbocycles. The third-order valence-corrected chi connectivity index (χ3v) is 5.48. The first-order chi connectivity index (χ1) is 14.4. The highest BCUT2D eigenvalue weighted by Gasteiger charge is 2.28. The Balaban J connectivity index is 1.50. The molecule has 0 spiro atoms. The van der Waals surface area contributed by atoms with E-state index in [-0.39, 0.29) is 23.5 Å². The fraction of sp³-hybridized carbons (Fsp3) is 0.227. The van der Waals surface area contributed by atoms with E-state index in [0.717, 1.165) is 5.56 Å². The summed E-state index contributed by atoms with van der Waals surface area (Å²) in [4.78, 5) is 38.3. The number of amides is 3. The quantitative estimate of drug-likeness (QED) is 0.738. The van der Waals surface area contributed by atoms with Crippen LogP contribution in [0.25, 0.3) is 6.08 Å². The third-order valence-electron chi connectivity index (χ3n) is 5.25. The monoisotopic (exact) mass is 425 g/mol. The first kappa shape index (κ1) is 20.0. The summed E-state index contributed by atoms with van der Waals surface area (Å²) in [6.07, 6.45) is 2.72. The first-order valence-corrected chi connectivity index (χ1v) is 9.97. The van der Waals surface area contributed by atoms with Crippen LogP contribution in [0.2, 0.25) is 5.02 Å². The molecule has 1 fully saturated rings. The predicted octanol–water partition coefficient (Wildman–Crippen LogP) is 3.05. The average Bonchev–Trinajstić information content (AvgIpc) is 2.73. The van der Waals surface area contributed by atoms with Crippen molar-refractivity contribution in [1.82, 2.24) is 4.90 Å². The minimum atomic E-state index is -0.408. The van der Waals surface area contributed by atoms with Gasteiger partial charge in [-0.15, -0.1) is 0 Å². The number of carbonyl (C=O) groups excluding carboxylic acids is 3. The maximum absolute atomic E-state index is 12.8. The van der Waals surface area contributed by atoms with Gasteiger partial charge in [0.2, 0.25) is 5.91 Å². The molecule has 0 atom stereocenters. The van der Waals surface area contributed by atoms with Gasteiger partial charge in [0, 0.05) is 29.6 Å². The number of primary amides is 1. The fourth-order valence-corrected chi connectivity index (χ4v) is 3.79. The molecule has 7 nitrogen and oxygen atoms in total. The molecule has 0 aromatic heterocycles. The molecular formula is C22H20ClN3O4. The molecule has 0 aliphatic carbocycles. The first-order valence-electron chi connectivity index (χ1n) is 9.60. The highest BCUT2D eigenvalue weighted by molar-refractivity contribution is 6.30. The molecule has 0 radical (unpaired) electrons. The lowest BCUT2D eigenvalue weighted by atomic mass is 9.96. The standard InChI is InChI=1S/C22H20ClN3O4/c23-16-3-1-2-13(10-16)11-19-21(28)25-17-12-15(4-5-18(17)30-19)22(29)26-8-6-14(7-9-26)20(24)27/h1-5,10-12,14H,6-9H2,(H2,24,27)(H,25,28)/b19-11+. The van der Waals surface area contributed by atoms with Crippen molar-refractivity contribution in [2.75, 3.05) is 18.4 Å². The van der Waals surface area contributed by atoms with Crippen LogP contribution in [-0.4, -0.2) is 35.7 Å². The van der Waals surface area contributed by atoms with E-state index < -0.39 is 5.91 Å². The number of hydrogen-bond acceptors (Lipinski definition) is 4. The van der Waals surface area contributed by atoms with Crippen molar-refractivity contribution in [2.24, 2.45) is 11.7 Å². The number of fused-ring (bicyclic) bond motifs is 1. The second kappa shape index (κ2) is 8.20. The van der Waals surface area contributed by atoms with E-state index in [1.807, 2.05) is 6.07 Å². The van der Waals surface area contributed by atoms with Gasteiger partial charge in [-0.2, -0.15) is 0 Å².